The largest absolute Gasteiger partial charge is 0.497 e. The number of ether oxygens (including phenoxy) is 1. The number of piperidine rings is 1. The number of para-hydroxylation sites is 1. The molecule has 5 rings (SSSR count). The lowest BCUT2D eigenvalue weighted by molar-refractivity contribution is -0.129. The second-order valence-corrected chi connectivity index (χ2v) is 10.1. The summed E-state index contributed by atoms with van der Waals surface area (Å²) in [6.45, 7) is 1.53. The van der Waals surface area contributed by atoms with Gasteiger partial charge in [0.25, 0.3) is 0 Å². The topological polar surface area (TPSA) is 73.1 Å². The minimum Gasteiger partial charge on any atom is -0.497 e. The van der Waals surface area contributed by atoms with E-state index in [-0.39, 0.29) is 5.91 Å². The van der Waals surface area contributed by atoms with E-state index in [0.29, 0.717) is 11.7 Å². The van der Waals surface area contributed by atoms with E-state index >= 15 is 0 Å². The summed E-state index contributed by atoms with van der Waals surface area (Å²) in [6, 6.07) is 15.9. The fourth-order valence-corrected chi connectivity index (χ4v) is 6.03. The van der Waals surface area contributed by atoms with E-state index in [0.717, 1.165) is 58.7 Å². The number of carbonyl (C=O) groups excluding carboxylic acids is 1. The molecule has 9 heteroatoms. The summed E-state index contributed by atoms with van der Waals surface area (Å²) in [5.41, 5.74) is 2.00. The highest BCUT2D eigenvalue weighted by Gasteiger charge is 2.27. The predicted octanol–water partition coefficient (Wildman–Crippen LogP) is 4.60. The molecule has 170 valence electrons. The minimum absolute atomic E-state index is 0.139. The zero-order valence-electron chi connectivity index (χ0n) is 18.6. The number of nitrogens with zero attached hydrogens (tertiary/aromatic N) is 5. The third kappa shape index (κ3) is 4.60. The lowest BCUT2D eigenvalue weighted by atomic mass is 9.99. The molecular formula is C24H25N5O2S2. The van der Waals surface area contributed by atoms with Crippen LogP contribution in [0.3, 0.4) is 0 Å². The van der Waals surface area contributed by atoms with Crippen LogP contribution in [0.4, 0.5) is 0 Å². The van der Waals surface area contributed by atoms with Crippen molar-refractivity contribution in [3.63, 3.8) is 0 Å². The predicted molar refractivity (Wildman–Crippen MR) is 132 cm³/mol. The highest BCUT2D eigenvalue weighted by Crippen LogP contribution is 2.33. The van der Waals surface area contributed by atoms with Gasteiger partial charge in [-0.2, -0.15) is 0 Å². The van der Waals surface area contributed by atoms with Gasteiger partial charge in [-0.15, -0.1) is 21.5 Å². The molecule has 7 nitrogen and oxygen atoms in total. The number of hydrogen-bond acceptors (Lipinski definition) is 7. The Morgan fingerprint density at radius 2 is 2.00 bits per heavy atom. The Hall–Kier alpha value is -2.91. The fraction of sp³-hybridized carbons (Fsp3) is 0.333. The number of thiazole rings is 1. The van der Waals surface area contributed by atoms with Gasteiger partial charge in [-0.3, -0.25) is 4.79 Å². The molecule has 1 unspecified atom stereocenters. The number of amides is 1. The van der Waals surface area contributed by atoms with E-state index in [1.54, 1.807) is 18.4 Å². The van der Waals surface area contributed by atoms with Crippen LogP contribution in [0, 0.1) is 0 Å². The van der Waals surface area contributed by atoms with Crippen molar-refractivity contribution in [2.24, 2.45) is 7.05 Å². The molecule has 3 heterocycles. The summed E-state index contributed by atoms with van der Waals surface area (Å²) in [6.07, 6.45) is 2.08. The molecule has 1 aliphatic rings. The Bertz CT molecular complexity index is 1230. The van der Waals surface area contributed by atoms with Crippen molar-refractivity contribution in [1.29, 1.82) is 0 Å². The Kier molecular flexibility index (Phi) is 6.32. The number of thioether (sulfide) groups is 1. The van der Waals surface area contributed by atoms with Gasteiger partial charge in [0, 0.05) is 31.6 Å². The first kappa shape index (κ1) is 21.9. The van der Waals surface area contributed by atoms with Crippen LogP contribution in [0.1, 0.15) is 23.8 Å². The molecule has 0 spiro atoms. The molecule has 33 heavy (non-hydrogen) atoms. The molecule has 0 bridgehead atoms. The van der Waals surface area contributed by atoms with Crippen molar-refractivity contribution in [3.05, 3.63) is 53.5 Å². The second-order valence-electron chi connectivity index (χ2n) is 8.08. The lowest BCUT2D eigenvalue weighted by Crippen LogP contribution is -2.40. The Morgan fingerprint density at radius 1 is 1.18 bits per heavy atom. The highest BCUT2D eigenvalue weighted by atomic mass is 32.2. The van der Waals surface area contributed by atoms with E-state index in [4.69, 9.17) is 9.72 Å². The Balaban J connectivity index is 1.22. The van der Waals surface area contributed by atoms with E-state index in [1.807, 2.05) is 52.9 Å². The van der Waals surface area contributed by atoms with Gasteiger partial charge in [0.2, 0.25) is 5.91 Å². The maximum atomic E-state index is 13.0. The second kappa shape index (κ2) is 9.52. The third-order valence-electron chi connectivity index (χ3n) is 5.94. The van der Waals surface area contributed by atoms with Crippen molar-refractivity contribution in [1.82, 2.24) is 24.6 Å². The summed E-state index contributed by atoms with van der Waals surface area (Å²) in [7, 11) is 3.57. The number of likely N-dealkylation sites (tertiary alicyclic amines) is 1. The van der Waals surface area contributed by atoms with Crippen LogP contribution in [0.25, 0.3) is 21.6 Å². The molecule has 1 atom stereocenters. The van der Waals surface area contributed by atoms with Crippen LogP contribution < -0.4 is 4.74 Å². The van der Waals surface area contributed by atoms with Gasteiger partial charge in [-0.05, 0) is 49.2 Å². The Labute approximate surface area is 200 Å². The van der Waals surface area contributed by atoms with Gasteiger partial charge in [0.1, 0.15) is 5.75 Å². The normalized spacial score (nSPS) is 16.3. The van der Waals surface area contributed by atoms with Gasteiger partial charge >= 0.3 is 0 Å². The average Bonchev–Trinajstić information content (AvgIpc) is 3.46. The van der Waals surface area contributed by atoms with Crippen LogP contribution in [0.15, 0.2) is 53.7 Å². The average molecular weight is 480 g/mol. The van der Waals surface area contributed by atoms with Crippen molar-refractivity contribution in [3.8, 4) is 17.1 Å². The van der Waals surface area contributed by atoms with Gasteiger partial charge in [-0.1, -0.05) is 23.9 Å². The Morgan fingerprint density at radius 3 is 2.79 bits per heavy atom. The number of aromatic nitrogens is 4. The summed E-state index contributed by atoms with van der Waals surface area (Å²) in [5.74, 6) is 2.36. The molecule has 1 saturated heterocycles. The number of carbonyl (C=O) groups is 1. The number of benzene rings is 2. The number of hydrogen-bond donors (Lipinski definition) is 0. The van der Waals surface area contributed by atoms with E-state index < -0.39 is 0 Å². The summed E-state index contributed by atoms with van der Waals surface area (Å²) < 4.78 is 8.36. The minimum atomic E-state index is 0.139. The smallest absolute Gasteiger partial charge is 0.233 e. The van der Waals surface area contributed by atoms with Crippen LogP contribution in [-0.2, 0) is 11.8 Å². The van der Waals surface area contributed by atoms with E-state index in [9.17, 15) is 4.79 Å². The van der Waals surface area contributed by atoms with E-state index in [2.05, 4.69) is 22.3 Å². The van der Waals surface area contributed by atoms with Gasteiger partial charge < -0.3 is 14.2 Å². The monoisotopic (exact) mass is 479 g/mol. The molecular weight excluding hydrogens is 454 g/mol. The quantitative estimate of drug-likeness (QED) is 0.377. The van der Waals surface area contributed by atoms with Crippen molar-refractivity contribution in [2.75, 3.05) is 26.0 Å². The zero-order chi connectivity index (χ0) is 22.8. The fourth-order valence-electron chi connectivity index (χ4n) is 4.12. The van der Waals surface area contributed by atoms with Gasteiger partial charge in [0.05, 0.1) is 28.1 Å². The first-order chi connectivity index (χ1) is 16.1. The molecule has 2 aromatic heterocycles. The third-order valence-corrected chi connectivity index (χ3v) is 8.15. The number of fused-ring (bicyclic) bond motifs is 1. The molecule has 1 aliphatic heterocycles. The van der Waals surface area contributed by atoms with Crippen LogP contribution in [0.2, 0.25) is 0 Å². The zero-order valence-corrected chi connectivity index (χ0v) is 20.2. The summed E-state index contributed by atoms with van der Waals surface area (Å²) >= 11 is 3.18. The van der Waals surface area contributed by atoms with Gasteiger partial charge in [-0.25, -0.2) is 4.98 Å². The molecule has 2 aromatic carbocycles. The molecule has 1 amide bonds. The summed E-state index contributed by atoms with van der Waals surface area (Å²) in [5, 5.41) is 10.5. The van der Waals surface area contributed by atoms with Crippen LogP contribution >= 0.6 is 23.1 Å². The maximum Gasteiger partial charge on any atom is 0.233 e. The van der Waals surface area contributed by atoms with Crippen LogP contribution in [-0.4, -0.2) is 56.5 Å². The summed E-state index contributed by atoms with van der Waals surface area (Å²) in [4.78, 5) is 19.8. The maximum absolute atomic E-state index is 13.0. The van der Waals surface area contributed by atoms with Crippen molar-refractivity contribution < 1.29 is 9.53 Å². The number of methoxy groups -OCH3 is 1. The lowest BCUT2D eigenvalue weighted by Gasteiger charge is -2.31. The molecule has 0 N–H and O–H groups in total. The first-order valence-corrected chi connectivity index (χ1v) is 12.7. The molecule has 1 fully saturated rings. The number of rotatable bonds is 6. The molecule has 0 radical (unpaired) electrons. The molecule has 0 aliphatic carbocycles. The van der Waals surface area contributed by atoms with Crippen molar-refractivity contribution >= 4 is 39.2 Å². The first-order valence-electron chi connectivity index (χ1n) is 10.9. The van der Waals surface area contributed by atoms with E-state index in [1.165, 1.54) is 16.5 Å². The van der Waals surface area contributed by atoms with Crippen molar-refractivity contribution in [2.45, 2.75) is 23.9 Å². The highest BCUT2D eigenvalue weighted by molar-refractivity contribution is 7.99. The van der Waals surface area contributed by atoms with Gasteiger partial charge in [0.15, 0.2) is 11.0 Å². The standard InChI is InChI=1S/C24H25N5O2S2/c1-28-22(16-9-11-18(31-2)12-10-16)26-27-24(28)32-15-21(30)29-13-5-6-17(14-29)23-25-19-7-3-4-8-20(19)33-23/h3-4,7-12,17H,5-6,13-15H2,1-2H3. The molecule has 4 aromatic rings. The molecule has 0 saturated carbocycles. The van der Waals surface area contributed by atoms with Crippen LogP contribution in [0.5, 0.6) is 5.75 Å². The SMILES string of the molecule is COc1ccc(-c2nnc(SCC(=O)N3CCCC(c4nc5ccccc5s4)C3)n2C)cc1.